The molecule has 0 spiro atoms. The van der Waals surface area contributed by atoms with Crippen LogP contribution in [0.3, 0.4) is 0 Å². The number of ether oxygens (including phenoxy) is 1. The lowest BCUT2D eigenvalue weighted by molar-refractivity contribution is 0.127. The number of hydrogen-bond donors (Lipinski definition) is 4. The van der Waals surface area contributed by atoms with Crippen molar-refractivity contribution in [3.05, 3.63) is 42.7 Å². The van der Waals surface area contributed by atoms with Crippen LogP contribution in [0, 0.1) is 0 Å². The van der Waals surface area contributed by atoms with Crippen molar-refractivity contribution in [3.8, 4) is 11.3 Å². The van der Waals surface area contributed by atoms with E-state index in [4.69, 9.17) is 20.3 Å². The van der Waals surface area contributed by atoms with Gasteiger partial charge in [0.25, 0.3) is 0 Å². The van der Waals surface area contributed by atoms with Crippen LogP contribution in [0.15, 0.2) is 42.7 Å². The van der Waals surface area contributed by atoms with Gasteiger partial charge in [-0.1, -0.05) is 30.3 Å². The van der Waals surface area contributed by atoms with Crippen LogP contribution in [0.1, 0.15) is 12.5 Å². The summed E-state index contributed by atoms with van der Waals surface area (Å²) in [6, 6.07) is 11.1. The topological polar surface area (TPSA) is 144 Å². The summed E-state index contributed by atoms with van der Waals surface area (Å²) in [5.74, 6) is 0.338. The first-order valence-corrected chi connectivity index (χ1v) is 10.1. The number of nitrogens with two attached hydrogens (primary N) is 1. The lowest BCUT2D eigenvalue weighted by Crippen LogP contribution is -2.17. The minimum absolute atomic E-state index is 0.0742. The van der Waals surface area contributed by atoms with Gasteiger partial charge in [0, 0.05) is 6.61 Å². The molecule has 0 saturated carbocycles. The molecule has 0 aliphatic heterocycles. The van der Waals surface area contributed by atoms with E-state index in [0.29, 0.717) is 23.3 Å². The van der Waals surface area contributed by atoms with Gasteiger partial charge in [-0.2, -0.15) is 0 Å². The molecule has 1 aromatic carbocycles. The molecule has 0 amide bonds. The van der Waals surface area contributed by atoms with Crippen molar-refractivity contribution in [2.24, 2.45) is 0 Å². The van der Waals surface area contributed by atoms with Crippen molar-refractivity contribution in [3.63, 3.8) is 0 Å². The van der Waals surface area contributed by atoms with E-state index >= 15 is 0 Å². The number of anilines is 1. The fraction of sp³-hybridized carbons (Fsp3) is 0.294. The lowest BCUT2D eigenvalue weighted by atomic mass is 10.1. The van der Waals surface area contributed by atoms with Gasteiger partial charge in [0.15, 0.2) is 0 Å². The number of hydrogen-bond acceptors (Lipinski definition) is 6. The van der Waals surface area contributed by atoms with E-state index in [0.717, 1.165) is 11.3 Å². The summed E-state index contributed by atoms with van der Waals surface area (Å²) in [6.07, 6.45) is 1.05. The number of nitrogens with zero attached hydrogens (tertiary/aromatic N) is 3. The van der Waals surface area contributed by atoms with Crippen molar-refractivity contribution < 1.29 is 24.2 Å². The molecule has 10 heteroatoms. The van der Waals surface area contributed by atoms with E-state index in [1.807, 2.05) is 41.0 Å². The maximum absolute atomic E-state index is 10.9. The molecule has 3 rings (SSSR count). The smallest absolute Gasteiger partial charge is 0.350 e. The Labute approximate surface area is 155 Å². The molecule has 9 nitrogen and oxygen atoms in total. The second kappa shape index (κ2) is 8.16. The van der Waals surface area contributed by atoms with Gasteiger partial charge < -0.3 is 29.9 Å². The SMILES string of the molecule is Nc1ncnc2c1cc(-c1ccccc1)n2C(CO)CCOCP(=O)(O)O. The maximum Gasteiger partial charge on any atom is 0.350 e. The van der Waals surface area contributed by atoms with Crippen LogP contribution in [0.25, 0.3) is 22.3 Å². The summed E-state index contributed by atoms with van der Waals surface area (Å²) < 4.78 is 17.8. The predicted octanol–water partition coefficient (Wildman–Crippen LogP) is 1.76. The Hall–Kier alpha value is -2.29. The molecule has 1 unspecified atom stereocenters. The highest BCUT2D eigenvalue weighted by Crippen LogP contribution is 2.35. The zero-order valence-electron chi connectivity index (χ0n) is 14.5. The maximum atomic E-state index is 10.9. The van der Waals surface area contributed by atoms with Gasteiger partial charge in [0.2, 0.25) is 0 Å². The Balaban J connectivity index is 1.97. The Morgan fingerprint density at radius 2 is 1.96 bits per heavy atom. The molecule has 3 aromatic rings. The van der Waals surface area contributed by atoms with Crippen LogP contribution in [0.4, 0.5) is 5.82 Å². The summed E-state index contributed by atoms with van der Waals surface area (Å²) in [4.78, 5) is 26.1. The van der Waals surface area contributed by atoms with Gasteiger partial charge in [0.1, 0.15) is 24.1 Å². The molecule has 0 bridgehead atoms. The minimum Gasteiger partial charge on any atom is -0.394 e. The van der Waals surface area contributed by atoms with Crippen LogP contribution in [0.5, 0.6) is 0 Å². The van der Waals surface area contributed by atoms with Crippen molar-refractivity contribution in [1.82, 2.24) is 14.5 Å². The molecular weight excluding hydrogens is 371 g/mol. The Kier molecular flexibility index (Phi) is 5.88. The highest BCUT2D eigenvalue weighted by Gasteiger charge is 2.21. The van der Waals surface area contributed by atoms with Crippen LogP contribution < -0.4 is 5.73 Å². The summed E-state index contributed by atoms with van der Waals surface area (Å²) in [7, 11) is -4.23. The third-order valence-electron chi connectivity index (χ3n) is 4.16. The van der Waals surface area contributed by atoms with Crippen molar-refractivity contribution >= 4 is 24.4 Å². The van der Waals surface area contributed by atoms with E-state index in [1.165, 1.54) is 6.33 Å². The Morgan fingerprint density at radius 1 is 1.22 bits per heavy atom. The largest absolute Gasteiger partial charge is 0.394 e. The highest BCUT2D eigenvalue weighted by atomic mass is 31.2. The fourth-order valence-electron chi connectivity index (χ4n) is 2.96. The van der Waals surface area contributed by atoms with Gasteiger partial charge in [0.05, 0.1) is 23.7 Å². The standard InChI is InChI=1S/C17H21N4O5P/c18-16-14-8-15(12-4-2-1-3-5-12)21(17(14)20-10-19-16)13(9-22)6-7-26-11-27(23,24)25/h1-5,8,10,13,22H,6-7,9,11H2,(H2,18,19,20)(H2,23,24,25). The zero-order chi connectivity index (χ0) is 19.4. The van der Waals surface area contributed by atoms with Gasteiger partial charge in [-0.05, 0) is 18.1 Å². The normalized spacial score (nSPS) is 13.1. The molecule has 5 N–H and O–H groups in total. The van der Waals surface area contributed by atoms with Gasteiger partial charge in [-0.25, -0.2) is 9.97 Å². The Bertz CT molecular complexity index is 957. The molecule has 0 saturated heterocycles. The van der Waals surface area contributed by atoms with E-state index in [2.05, 4.69) is 9.97 Å². The highest BCUT2D eigenvalue weighted by molar-refractivity contribution is 7.51. The van der Waals surface area contributed by atoms with Crippen LogP contribution in [-0.2, 0) is 9.30 Å². The second-order valence-electron chi connectivity index (χ2n) is 6.09. The van der Waals surface area contributed by atoms with Crippen LogP contribution >= 0.6 is 7.60 Å². The predicted molar refractivity (Wildman–Crippen MR) is 101 cm³/mol. The number of benzene rings is 1. The monoisotopic (exact) mass is 392 g/mol. The molecule has 27 heavy (non-hydrogen) atoms. The van der Waals surface area contributed by atoms with Gasteiger partial charge in [-0.3, -0.25) is 4.57 Å². The number of aromatic nitrogens is 3. The number of fused-ring (bicyclic) bond motifs is 1. The zero-order valence-corrected chi connectivity index (χ0v) is 15.4. The first kappa shape index (κ1) is 19.5. The van der Waals surface area contributed by atoms with Crippen molar-refractivity contribution in [1.29, 1.82) is 0 Å². The van der Waals surface area contributed by atoms with E-state index < -0.39 is 20.0 Å². The average molecular weight is 392 g/mol. The average Bonchev–Trinajstić information content (AvgIpc) is 3.03. The third kappa shape index (κ3) is 4.52. The first-order chi connectivity index (χ1) is 12.9. The van der Waals surface area contributed by atoms with Crippen molar-refractivity contribution in [2.75, 3.05) is 25.3 Å². The number of nitrogen functional groups attached to an aromatic ring is 1. The molecule has 1 atom stereocenters. The van der Waals surface area contributed by atoms with Gasteiger partial charge in [-0.15, -0.1) is 0 Å². The quantitative estimate of drug-likeness (QED) is 0.335. The van der Waals surface area contributed by atoms with E-state index in [-0.39, 0.29) is 13.2 Å². The summed E-state index contributed by atoms with van der Waals surface area (Å²) >= 11 is 0. The van der Waals surface area contributed by atoms with Crippen LogP contribution in [0.2, 0.25) is 0 Å². The Morgan fingerprint density at radius 3 is 2.63 bits per heavy atom. The van der Waals surface area contributed by atoms with Crippen LogP contribution in [-0.4, -0.2) is 49.0 Å². The number of rotatable bonds is 8. The summed E-state index contributed by atoms with van der Waals surface area (Å²) in [6.45, 7) is -0.127. The second-order valence-corrected chi connectivity index (χ2v) is 7.68. The fourth-order valence-corrected chi connectivity index (χ4v) is 3.32. The minimum atomic E-state index is -4.23. The summed E-state index contributed by atoms with van der Waals surface area (Å²) in [5, 5.41) is 10.6. The number of aliphatic hydroxyl groups excluding tert-OH is 1. The lowest BCUT2D eigenvalue weighted by Gasteiger charge is -2.20. The molecule has 0 fully saturated rings. The molecule has 0 aliphatic carbocycles. The molecule has 0 radical (unpaired) electrons. The van der Waals surface area contributed by atoms with Crippen molar-refractivity contribution in [2.45, 2.75) is 12.5 Å². The molecule has 144 valence electrons. The molecule has 0 aliphatic rings. The molecule has 2 aromatic heterocycles. The van der Waals surface area contributed by atoms with E-state index in [9.17, 15) is 9.67 Å². The number of aliphatic hydroxyl groups is 1. The van der Waals surface area contributed by atoms with Gasteiger partial charge >= 0.3 is 7.60 Å². The first-order valence-electron chi connectivity index (χ1n) is 8.30. The summed E-state index contributed by atoms with van der Waals surface area (Å²) in [5.41, 5.74) is 8.30. The van der Waals surface area contributed by atoms with E-state index in [1.54, 1.807) is 0 Å². The molecular formula is C17H21N4O5P. The third-order valence-corrected chi connectivity index (χ3v) is 4.68. The molecule has 2 heterocycles.